The van der Waals surface area contributed by atoms with E-state index in [1.807, 2.05) is 12.1 Å². The number of rotatable bonds is 0. The van der Waals surface area contributed by atoms with Crippen LogP contribution in [0.25, 0.3) is 6.08 Å². The summed E-state index contributed by atoms with van der Waals surface area (Å²) < 4.78 is 1.12. The van der Waals surface area contributed by atoms with Crippen LogP contribution in [0.4, 0.5) is 0 Å². The molecule has 2 rings (SSSR count). The minimum Gasteiger partial charge on any atom is -0.0888 e. The lowest BCUT2D eigenvalue weighted by molar-refractivity contribution is 1.28. The van der Waals surface area contributed by atoms with Gasteiger partial charge >= 0.3 is 0 Å². The minimum absolute atomic E-state index is 0.885. The third-order valence-corrected chi connectivity index (χ3v) is 2.51. The maximum atomic E-state index is 5.88. The van der Waals surface area contributed by atoms with E-state index in [1.54, 1.807) is 0 Å². The molecule has 2 heteroatoms. The molecule has 1 aromatic rings. The van der Waals surface area contributed by atoms with Gasteiger partial charge in [0.15, 0.2) is 0 Å². The molecule has 0 saturated carbocycles. The largest absolute Gasteiger partial charge is 0.0888 e. The van der Waals surface area contributed by atoms with Crippen molar-refractivity contribution in [1.29, 1.82) is 0 Å². The molecule has 0 radical (unpaired) electrons. The third kappa shape index (κ3) is 1.35. The summed E-state index contributed by atoms with van der Waals surface area (Å²) in [6.45, 7) is 0. The van der Waals surface area contributed by atoms with E-state index in [9.17, 15) is 0 Å². The van der Waals surface area contributed by atoms with Crippen LogP contribution in [0.5, 0.6) is 0 Å². The van der Waals surface area contributed by atoms with Crippen LogP contribution in [0.3, 0.4) is 0 Å². The van der Waals surface area contributed by atoms with Crippen LogP contribution < -0.4 is 0 Å². The van der Waals surface area contributed by atoms with Crippen molar-refractivity contribution in [1.82, 2.24) is 0 Å². The Balaban J connectivity index is 2.52. The Kier molecular flexibility index (Phi) is 1.78. The van der Waals surface area contributed by atoms with Gasteiger partial charge in [0.25, 0.3) is 0 Å². The number of hydrogen-bond donors (Lipinski definition) is 0. The summed E-state index contributed by atoms with van der Waals surface area (Å²) in [5.41, 5.74) is 2.56. The molecule has 0 aromatic heterocycles. The lowest BCUT2D eigenvalue weighted by atomic mass is 10.1. The molecule has 0 heterocycles. The Morgan fingerprint density at radius 1 is 1.36 bits per heavy atom. The van der Waals surface area contributed by atoms with Crippen molar-refractivity contribution in [2.24, 2.45) is 0 Å². The average molecular weight is 230 g/mol. The molecule has 1 aliphatic rings. The van der Waals surface area contributed by atoms with Crippen LogP contribution in [-0.2, 0) is 6.42 Å². The topological polar surface area (TPSA) is 0 Å². The first kappa shape index (κ1) is 7.38. The second-order valence-electron chi connectivity index (χ2n) is 2.61. The fourth-order valence-corrected chi connectivity index (χ4v) is 1.94. The van der Waals surface area contributed by atoms with E-state index in [-0.39, 0.29) is 0 Å². The number of benzene rings is 1. The Morgan fingerprint density at radius 2 is 2.18 bits per heavy atom. The summed E-state index contributed by atoms with van der Waals surface area (Å²) in [7, 11) is 0. The summed E-state index contributed by atoms with van der Waals surface area (Å²) >= 11 is 9.29. The van der Waals surface area contributed by atoms with Crippen molar-refractivity contribution in [3.05, 3.63) is 38.8 Å². The van der Waals surface area contributed by atoms with E-state index in [1.165, 1.54) is 11.1 Å². The molecule has 0 unspecified atom stereocenters. The van der Waals surface area contributed by atoms with Crippen LogP contribution >= 0.6 is 27.5 Å². The minimum atomic E-state index is 0.885. The van der Waals surface area contributed by atoms with Crippen molar-refractivity contribution in [3.63, 3.8) is 0 Å². The van der Waals surface area contributed by atoms with E-state index < -0.39 is 0 Å². The van der Waals surface area contributed by atoms with Crippen molar-refractivity contribution >= 4 is 33.6 Å². The second kappa shape index (κ2) is 2.65. The zero-order valence-electron chi connectivity index (χ0n) is 5.77. The fourth-order valence-electron chi connectivity index (χ4n) is 1.27. The lowest BCUT2D eigenvalue weighted by Gasteiger charge is -1.97. The van der Waals surface area contributed by atoms with Gasteiger partial charge in [0.1, 0.15) is 0 Å². The number of hydrogen-bond acceptors (Lipinski definition) is 0. The molecule has 0 atom stereocenters. The lowest BCUT2D eigenvalue weighted by Crippen LogP contribution is -1.80. The molecule has 56 valence electrons. The third-order valence-electron chi connectivity index (χ3n) is 1.78. The predicted octanol–water partition coefficient (Wildman–Crippen LogP) is 3.58. The van der Waals surface area contributed by atoms with E-state index in [4.69, 9.17) is 11.6 Å². The highest BCUT2D eigenvalue weighted by atomic mass is 79.9. The SMILES string of the molecule is ClC1=Cc2ccc(Br)cc2C1. The number of fused-ring (bicyclic) bond motifs is 1. The summed E-state index contributed by atoms with van der Waals surface area (Å²) in [5, 5.41) is 0.929. The number of allylic oxidation sites excluding steroid dienone is 1. The Labute approximate surface area is 79.0 Å². The molecule has 0 nitrogen and oxygen atoms in total. The molecular formula is C9H6BrCl. The van der Waals surface area contributed by atoms with Gasteiger partial charge in [0, 0.05) is 15.9 Å². The molecule has 0 N–H and O–H groups in total. The first-order valence-corrected chi connectivity index (χ1v) is 4.57. The van der Waals surface area contributed by atoms with Crippen LogP contribution in [0.15, 0.2) is 27.7 Å². The maximum absolute atomic E-state index is 5.88. The first-order chi connectivity index (χ1) is 5.25. The van der Waals surface area contributed by atoms with Crippen molar-refractivity contribution in [2.75, 3.05) is 0 Å². The number of halogens is 2. The van der Waals surface area contributed by atoms with Crippen molar-refractivity contribution in [3.8, 4) is 0 Å². The molecule has 0 saturated heterocycles. The highest BCUT2D eigenvalue weighted by Gasteiger charge is 2.09. The molecule has 1 aliphatic carbocycles. The van der Waals surface area contributed by atoms with E-state index in [0.717, 1.165) is 15.9 Å². The summed E-state index contributed by atoms with van der Waals surface area (Å²) in [4.78, 5) is 0. The Bertz CT molecular complexity index is 328. The van der Waals surface area contributed by atoms with E-state index >= 15 is 0 Å². The molecule has 11 heavy (non-hydrogen) atoms. The van der Waals surface area contributed by atoms with Crippen LogP contribution in [0, 0.1) is 0 Å². The van der Waals surface area contributed by atoms with Crippen LogP contribution in [0.1, 0.15) is 11.1 Å². The summed E-state index contributed by atoms with van der Waals surface area (Å²) in [6, 6.07) is 6.22. The quantitative estimate of drug-likeness (QED) is 0.638. The highest BCUT2D eigenvalue weighted by molar-refractivity contribution is 9.10. The molecule has 0 amide bonds. The van der Waals surface area contributed by atoms with Crippen molar-refractivity contribution < 1.29 is 0 Å². The summed E-state index contributed by atoms with van der Waals surface area (Å²) in [6.07, 6.45) is 2.90. The van der Waals surface area contributed by atoms with E-state index in [2.05, 4.69) is 28.1 Å². The van der Waals surface area contributed by atoms with Gasteiger partial charge in [-0.3, -0.25) is 0 Å². The first-order valence-electron chi connectivity index (χ1n) is 3.40. The molecule has 0 fully saturated rings. The molecule has 1 aromatic carbocycles. The smallest absolute Gasteiger partial charge is 0.0231 e. The van der Waals surface area contributed by atoms with E-state index in [0.29, 0.717) is 0 Å². The fraction of sp³-hybridized carbons (Fsp3) is 0.111. The molecule has 0 bridgehead atoms. The monoisotopic (exact) mass is 228 g/mol. The van der Waals surface area contributed by atoms with Crippen molar-refractivity contribution in [2.45, 2.75) is 6.42 Å². The normalized spacial score (nSPS) is 14.5. The zero-order chi connectivity index (χ0) is 7.84. The molecule has 0 aliphatic heterocycles. The predicted molar refractivity (Wildman–Crippen MR) is 51.7 cm³/mol. The van der Waals surface area contributed by atoms with Gasteiger partial charge in [-0.15, -0.1) is 0 Å². The second-order valence-corrected chi connectivity index (χ2v) is 4.01. The van der Waals surface area contributed by atoms with Gasteiger partial charge in [-0.2, -0.15) is 0 Å². The van der Waals surface area contributed by atoms with Gasteiger partial charge in [-0.25, -0.2) is 0 Å². The zero-order valence-corrected chi connectivity index (χ0v) is 8.11. The Morgan fingerprint density at radius 3 is 3.00 bits per heavy atom. The van der Waals surface area contributed by atoms with Gasteiger partial charge in [-0.05, 0) is 29.3 Å². The summed E-state index contributed by atoms with van der Waals surface area (Å²) in [5.74, 6) is 0. The molecule has 0 spiro atoms. The Hall–Kier alpha value is -0.270. The average Bonchev–Trinajstić information content (AvgIpc) is 2.27. The van der Waals surface area contributed by atoms with Gasteiger partial charge in [-0.1, -0.05) is 33.6 Å². The van der Waals surface area contributed by atoms with Gasteiger partial charge in [0.05, 0.1) is 0 Å². The standard InChI is InChI=1S/C9H6BrCl/c10-8-2-1-6-4-9(11)5-7(6)3-8/h1-4H,5H2. The highest BCUT2D eigenvalue weighted by Crippen LogP contribution is 2.29. The van der Waals surface area contributed by atoms with Crippen LogP contribution in [0.2, 0.25) is 0 Å². The van der Waals surface area contributed by atoms with Gasteiger partial charge < -0.3 is 0 Å². The molecular weight excluding hydrogens is 223 g/mol. The maximum Gasteiger partial charge on any atom is 0.0231 e. The van der Waals surface area contributed by atoms with Crippen LogP contribution in [-0.4, -0.2) is 0 Å². The van der Waals surface area contributed by atoms with Gasteiger partial charge in [0.2, 0.25) is 0 Å².